The van der Waals surface area contributed by atoms with Gasteiger partial charge in [-0.2, -0.15) is 5.10 Å². The Kier molecular flexibility index (Phi) is 5.23. The summed E-state index contributed by atoms with van der Waals surface area (Å²) in [5.74, 6) is 0.772. The molecule has 2 aliphatic rings. The van der Waals surface area contributed by atoms with Crippen LogP contribution < -0.4 is 5.32 Å². The van der Waals surface area contributed by atoms with E-state index in [9.17, 15) is 5.11 Å². The minimum absolute atomic E-state index is 0.128. The summed E-state index contributed by atoms with van der Waals surface area (Å²) in [6.07, 6.45) is 7.23. The van der Waals surface area contributed by atoms with Gasteiger partial charge in [0.25, 0.3) is 0 Å². The molecule has 1 saturated heterocycles. The van der Waals surface area contributed by atoms with Crippen LogP contribution in [0.1, 0.15) is 32.1 Å². The van der Waals surface area contributed by atoms with Gasteiger partial charge in [-0.05, 0) is 25.0 Å². The number of aliphatic hydroxyl groups is 1. The Morgan fingerprint density at radius 2 is 2.23 bits per heavy atom. The van der Waals surface area contributed by atoms with Crippen molar-refractivity contribution >= 4 is 5.82 Å². The van der Waals surface area contributed by atoms with Gasteiger partial charge < -0.3 is 15.2 Å². The maximum atomic E-state index is 10.7. The molecular formula is C16H26N4O2. The zero-order chi connectivity index (χ0) is 15.3. The molecule has 2 N–H and O–H groups in total. The molecule has 0 spiro atoms. The summed E-state index contributed by atoms with van der Waals surface area (Å²) < 4.78 is 5.82. The topological polar surface area (TPSA) is 70.5 Å². The Labute approximate surface area is 131 Å². The lowest BCUT2D eigenvalue weighted by atomic mass is 9.84. The highest BCUT2D eigenvalue weighted by Crippen LogP contribution is 2.29. The molecule has 122 valence electrons. The number of ether oxygens (including phenoxy) is 1. The van der Waals surface area contributed by atoms with E-state index in [0.29, 0.717) is 6.54 Å². The first-order valence-electron chi connectivity index (χ1n) is 8.31. The maximum Gasteiger partial charge on any atom is 0.148 e. The van der Waals surface area contributed by atoms with Crippen LogP contribution in [0.4, 0.5) is 5.82 Å². The summed E-state index contributed by atoms with van der Waals surface area (Å²) in [7, 11) is 0. The normalized spacial score (nSPS) is 25.8. The van der Waals surface area contributed by atoms with Crippen LogP contribution in [-0.4, -0.2) is 64.7 Å². The monoisotopic (exact) mass is 306 g/mol. The van der Waals surface area contributed by atoms with E-state index in [-0.39, 0.29) is 6.10 Å². The van der Waals surface area contributed by atoms with Crippen LogP contribution in [0.3, 0.4) is 0 Å². The number of rotatable bonds is 5. The second-order valence-corrected chi connectivity index (χ2v) is 6.50. The number of β-amino-alcohol motifs (C(OH)–C–C–N with tert-alkyl or cyclic N) is 1. The highest BCUT2D eigenvalue weighted by Gasteiger charge is 2.33. The molecule has 1 aromatic heterocycles. The van der Waals surface area contributed by atoms with Crippen LogP contribution in [0, 0.1) is 0 Å². The molecule has 6 nitrogen and oxygen atoms in total. The average Bonchev–Trinajstić information content (AvgIpc) is 2.54. The summed E-state index contributed by atoms with van der Waals surface area (Å²) in [4.78, 5) is 2.35. The lowest BCUT2D eigenvalue weighted by Gasteiger charge is -2.40. The van der Waals surface area contributed by atoms with Crippen molar-refractivity contribution in [2.24, 2.45) is 0 Å². The smallest absolute Gasteiger partial charge is 0.148 e. The second-order valence-electron chi connectivity index (χ2n) is 6.50. The highest BCUT2D eigenvalue weighted by molar-refractivity contribution is 5.31. The number of morpholine rings is 1. The Hall–Kier alpha value is -1.24. The average molecular weight is 306 g/mol. The molecule has 0 bridgehead atoms. The zero-order valence-corrected chi connectivity index (χ0v) is 13.1. The largest absolute Gasteiger partial charge is 0.389 e. The summed E-state index contributed by atoms with van der Waals surface area (Å²) in [5.41, 5.74) is -0.488. The van der Waals surface area contributed by atoms with Crippen molar-refractivity contribution < 1.29 is 9.84 Å². The molecule has 1 aromatic rings. The van der Waals surface area contributed by atoms with Crippen LogP contribution in [0.5, 0.6) is 0 Å². The molecule has 1 aliphatic carbocycles. The lowest BCUT2D eigenvalue weighted by Crippen LogP contribution is -2.52. The van der Waals surface area contributed by atoms with E-state index in [1.54, 1.807) is 6.20 Å². The van der Waals surface area contributed by atoms with Crippen molar-refractivity contribution in [3.8, 4) is 0 Å². The third-order valence-corrected chi connectivity index (χ3v) is 4.61. The highest BCUT2D eigenvalue weighted by atomic mass is 16.5. The fourth-order valence-electron chi connectivity index (χ4n) is 3.45. The van der Waals surface area contributed by atoms with Crippen LogP contribution in [-0.2, 0) is 4.74 Å². The van der Waals surface area contributed by atoms with Gasteiger partial charge in [0, 0.05) is 32.4 Å². The van der Waals surface area contributed by atoms with Gasteiger partial charge in [0.05, 0.1) is 18.3 Å². The Balaban J connectivity index is 1.46. The van der Waals surface area contributed by atoms with Crippen LogP contribution >= 0.6 is 0 Å². The van der Waals surface area contributed by atoms with E-state index in [2.05, 4.69) is 20.4 Å². The van der Waals surface area contributed by atoms with Gasteiger partial charge >= 0.3 is 0 Å². The van der Waals surface area contributed by atoms with E-state index >= 15 is 0 Å². The van der Waals surface area contributed by atoms with Gasteiger partial charge in [-0.15, -0.1) is 5.10 Å². The SMILES string of the molecule is OC1(CN2CCO[C@H](CNc3cccnn3)C2)CCCCC1. The molecule has 3 rings (SSSR count). The Morgan fingerprint density at radius 3 is 3.00 bits per heavy atom. The molecule has 22 heavy (non-hydrogen) atoms. The van der Waals surface area contributed by atoms with E-state index in [0.717, 1.165) is 57.7 Å². The van der Waals surface area contributed by atoms with Gasteiger partial charge in [0.15, 0.2) is 0 Å². The first kappa shape index (κ1) is 15.6. The van der Waals surface area contributed by atoms with Gasteiger partial charge in [-0.25, -0.2) is 0 Å². The predicted molar refractivity (Wildman–Crippen MR) is 84.7 cm³/mol. The molecule has 0 amide bonds. The summed E-state index contributed by atoms with van der Waals surface area (Å²) in [6.45, 7) is 3.98. The number of nitrogens with one attached hydrogen (secondary N) is 1. The Morgan fingerprint density at radius 1 is 1.36 bits per heavy atom. The summed E-state index contributed by atoms with van der Waals surface area (Å²) >= 11 is 0. The fourth-order valence-corrected chi connectivity index (χ4v) is 3.45. The minimum Gasteiger partial charge on any atom is -0.389 e. The van der Waals surface area contributed by atoms with E-state index in [1.807, 2.05) is 12.1 Å². The third-order valence-electron chi connectivity index (χ3n) is 4.61. The molecule has 1 atom stereocenters. The maximum absolute atomic E-state index is 10.7. The van der Waals surface area contributed by atoms with Gasteiger partial charge in [-0.3, -0.25) is 4.90 Å². The molecule has 0 radical (unpaired) electrons. The first-order valence-corrected chi connectivity index (χ1v) is 8.31. The minimum atomic E-state index is -0.488. The number of anilines is 1. The molecular weight excluding hydrogens is 280 g/mol. The standard InChI is InChI=1S/C16H26N4O2/c21-16(6-2-1-3-7-16)13-20-9-10-22-14(12-20)11-17-15-5-4-8-18-19-15/h4-5,8,14,21H,1-3,6-7,9-13H2,(H,17,19)/t14-/m1/s1. The van der Waals surface area contributed by atoms with E-state index < -0.39 is 5.60 Å². The molecule has 0 unspecified atom stereocenters. The van der Waals surface area contributed by atoms with Crippen molar-refractivity contribution in [3.05, 3.63) is 18.3 Å². The van der Waals surface area contributed by atoms with Crippen molar-refractivity contribution in [1.82, 2.24) is 15.1 Å². The zero-order valence-electron chi connectivity index (χ0n) is 13.1. The van der Waals surface area contributed by atoms with Crippen molar-refractivity contribution in [2.75, 3.05) is 38.1 Å². The predicted octanol–water partition coefficient (Wildman–Crippen LogP) is 1.28. The fraction of sp³-hybridized carbons (Fsp3) is 0.750. The Bertz CT molecular complexity index is 451. The van der Waals surface area contributed by atoms with Crippen molar-refractivity contribution in [3.63, 3.8) is 0 Å². The molecule has 2 fully saturated rings. The summed E-state index contributed by atoms with van der Waals surface area (Å²) in [6, 6.07) is 3.76. The van der Waals surface area contributed by atoms with Gasteiger partial charge in [0.1, 0.15) is 5.82 Å². The van der Waals surface area contributed by atoms with Gasteiger partial charge in [0.2, 0.25) is 0 Å². The van der Waals surface area contributed by atoms with Crippen molar-refractivity contribution in [1.29, 1.82) is 0 Å². The third kappa shape index (κ3) is 4.38. The van der Waals surface area contributed by atoms with Crippen LogP contribution in [0.2, 0.25) is 0 Å². The molecule has 1 saturated carbocycles. The van der Waals surface area contributed by atoms with Gasteiger partial charge in [-0.1, -0.05) is 19.3 Å². The van der Waals surface area contributed by atoms with E-state index in [1.165, 1.54) is 6.42 Å². The molecule has 6 heteroatoms. The molecule has 1 aliphatic heterocycles. The van der Waals surface area contributed by atoms with Crippen LogP contribution in [0.25, 0.3) is 0 Å². The number of nitrogens with zero attached hydrogens (tertiary/aromatic N) is 3. The lowest BCUT2D eigenvalue weighted by molar-refractivity contribution is -0.0719. The number of hydrogen-bond donors (Lipinski definition) is 2. The molecule has 2 heterocycles. The first-order chi connectivity index (χ1) is 10.7. The van der Waals surface area contributed by atoms with Crippen molar-refractivity contribution in [2.45, 2.75) is 43.8 Å². The van der Waals surface area contributed by atoms with E-state index in [4.69, 9.17) is 4.74 Å². The quantitative estimate of drug-likeness (QED) is 0.854. The summed E-state index contributed by atoms with van der Waals surface area (Å²) in [5, 5.41) is 21.8. The molecule has 0 aromatic carbocycles. The number of aromatic nitrogens is 2. The number of hydrogen-bond acceptors (Lipinski definition) is 6. The second kappa shape index (κ2) is 7.35. The van der Waals surface area contributed by atoms with Crippen LogP contribution in [0.15, 0.2) is 18.3 Å².